The number of carbonyl (C=O) groups excluding carboxylic acids is 3. The normalized spacial score (nSPS) is 17.9. The van der Waals surface area contributed by atoms with Crippen molar-refractivity contribution in [3.05, 3.63) is 102 Å². The fourth-order valence-corrected chi connectivity index (χ4v) is 8.62. The van der Waals surface area contributed by atoms with E-state index in [9.17, 15) is 19.5 Å². The molecule has 2 aliphatic heterocycles. The van der Waals surface area contributed by atoms with Crippen LogP contribution < -0.4 is 14.4 Å². The average Bonchev–Trinajstić information content (AvgIpc) is 3.67. The second-order valence-electron chi connectivity index (χ2n) is 13.9. The second-order valence-corrected chi connectivity index (χ2v) is 15.0. The van der Waals surface area contributed by atoms with Gasteiger partial charge in [-0.15, -0.1) is 11.3 Å². The Morgan fingerprint density at radius 1 is 0.865 bits per heavy atom. The number of hydrogen-bond donors (Lipinski definition) is 1. The predicted octanol–water partition coefficient (Wildman–Crippen LogP) is 7.61. The predicted molar refractivity (Wildman–Crippen MR) is 203 cm³/mol. The highest BCUT2D eigenvalue weighted by molar-refractivity contribution is 7.22. The van der Waals surface area contributed by atoms with Gasteiger partial charge in [-0.2, -0.15) is 0 Å². The summed E-state index contributed by atoms with van der Waals surface area (Å²) in [6.45, 7) is 7.74. The largest absolute Gasteiger partial charge is 0.508 e. The molecular formula is C42H41N3O6S. The highest BCUT2D eigenvalue weighted by Gasteiger charge is 2.39. The van der Waals surface area contributed by atoms with Crippen LogP contribution in [0.25, 0.3) is 20.5 Å². The van der Waals surface area contributed by atoms with E-state index in [1.165, 1.54) is 5.56 Å². The molecule has 1 amide bonds. The Kier molecular flexibility index (Phi) is 9.42. The molecule has 1 N–H and O–H groups in total. The number of aromatic hydroxyl groups is 1. The first-order valence-electron chi connectivity index (χ1n) is 18.0. The van der Waals surface area contributed by atoms with Crippen LogP contribution in [0, 0.1) is 6.92 Å². The van der Waals surface area contributed by atoms with Crippen molar-refractivity contribution in [2.75, 3.05) is 44.2 Å². The molecule has 9 nitrogen and oxygen atoms in total. The van der Waals surface area contributed by atoms with E-state index < -0.39 is 6.04 Å². The van der Waals surface area contributed by atoms with Crippen molar-refractivity contribution in [1.29, 1.82) is 0 Å². The van der Waals surface area contributed by atoms with E-state index in [1.54, 1.807) is 28.4 Å². The van der Waals surface area contributed by atoms with Crippen molar-refractivity contribution in [3.63, 3.8) is 0 Å². The van der Waals surface area contributed by atoms with Gasteiger partial charge in [-0.3, -0.25) is 19.3 Å². The number of benzene rings is 4. The Hall–Kier alpha value is -5.19. The maximum atomic E-state index is 13.1. The zero-order chi connectivity index (χ0) is 35.8. The molecule has 266 valence electrons. The monoisotopic (exact) mass is 715 g/mol. The fraction of sp³-hybridized carbons (Fsp3) is 0.310. The molecule has 5 aromatic rings. The quantitative estimate of drug-likeness (QED) is 0.117. The van der Waals surface area contributed by atoms with E-state index in [0.29, 0.717) is 31.6 Å². The third-order valence-corrected chi connectivity index (χ3v) is 11.5. The van der Waals surface area contributed by atoms with Crippen LogP contribution in [0.5, 0.6) is 23.0 Å². The molecule has 3 heterocycles. The molecule has 0 spiro atoms. The third-order valence-electron chi connectivity index (χ3n) is 10.3. The van der Waals surface area contributed by atoms with Crippen LogP contribution in [-0.2, 0) is 16.1 Å². The summed E-state index contributed by atoms with van der Waals surface area (Å²) in [4.78, 5) is 44.8. The number of hydrogen-bond acceptors (Lipinski definition) is 9. The van der Waals surface area contributed by atoms with E-state index in [2.05, 4.69) is 47.1 Å². The van der Waals surface area contributed by atoms with Crippen LogP contribution in [0.4, 0.5) is 5.69 Å². The van der Waals surface area contributed by atoms with Gasteiger partial charge in [-0.25, -0.2) is 0 Å². The Morgan fingerprint density at radius 2 is 1.63 bits per heavy atom. The molecule has 1 unspecified atom stereocenters. The Bertz CT molecular complexity index is 2140. The zero-order valence-corrected chi connectivity index (χ0v) is 30.0. The lowest BCUT2D eigenvalue weighted by atomic mass is 9.92. The van der Waals surface area contributed by atoms with Gasteiger partial charge in [0.05, 0.1) is 23.9 Å². The Labute approximate surface area is 307 Å². The van der Waals surface area contributed by atoms with Gasteiger partial charge in [0.15, 0.2) is 11.5 Å². The number of thiophene rings is 1. The van der Waals surface area contributed by atoms with Crippen LogP contribution in [0.1, 0.15) is 47.2 Å². The van der Waals surface area contributed by atoms with E-state index in [1.807, 2.05) is 42.5 Å². The molecule has 1 saturated heterocycles. The summed E-state index contributed by atoms with van der Waals surface area (Å²) < 4.78 is 13.5. The van der Waals surface area contributed by atoms with Crippen molar-refractivity contribution in [2.24, 2.45) is 0 Å². The lowest BCUT2D eigenvalue weighted by Crippen LogP contribution is -2.46. The van der Waals surface area contributed by atoms with Crippen molar-refractivity contribution in [2.45, 2.75) is 45.2 Å². The number of carbonyl (C=O) groups is 3. The summed E-state index contributed by atoms with van der Waals surface area (Å²) >= 11 is 1.61. The number of Topliss-reactive ketones (excluding diaryl/α,β-unsaturated/α-hetero) is 2. The van der Waals surface area contributed by atoms with Crippen LogP contribution >= 0.6 is 11.3 Å². The molecule has 52 heavy (non-hydrogen) atoms. The number of fused-ring (bicyclic) bond motifs is 2. The number of piperazine rings is 1. The van der Waals surface area contributed by atoms with Gasteiger partial charge in [-0.1, -0.05) is 29.8 Å². The average molecular weight is 716 g/mol. The molecular weight excluding hydrogens is 675 g/mol. The number of amides is 1. The summed E-state index contributed by atoms with van der Waals surface area (Å²) in [6.07, 6.45) is 1.64. The van der Waals surface area contributed by atoms with E-state index in [0.717, 1.165) is 88.2 Å². The lowest BCUT2D eigenvalue weighted by Gasteiger charge is -2.36. The van der Waals surface area contributed by atoms with Gasteiger partial charge in [0.1, 0.15) is 23.0 Å². The maximum Gasteiger partial charge on any atom is 0.255 e. The molecule has 0 radical (unpaired) electrons. The van der Waals surface area contributed by atoms with Gasteiger partial charge in [0.25, 0.3) is 5.91 Å². The number of aryl methyl sites for hydroxylation is 1. The number of nitrogens with zero attached hydrogens (tertiary/aromatic N) is 3. The molecule has 0 bridgehead atoms. The summed E-state index contributed by atoms with van der Waals surface area (Å²) in [5.41, 5.74) is 5.00. The highest BCUT2D eigenvalue weighted by Crippen LogP contribution is 2.47. The topological polar surface area (TPSA) is 99.6 Å². The molecule has 1 atom stereocenters. The van der Waals surface area contributed by atoms with Gasteiger partial charge < -0.3 is 24.4 Å². The minimum Gasteiger partial charge on any atom is -0.508 e. The smallest absolute Gasteiger partial charge is 0.255 e. The number of anilines is 1. The van der Waals surface area contributed by atoms with Crippen LogP contribution in [0.3, 0.4) is 0 Å². The number of phenolic OH excluding ortho intramolecular Hbond substituents is 1. The summed E-state index contributed by atoms with van der Waals surface area (Å²) in [7, 11) is 0. The van der Waals surface area contributed by atoms with E-state index in [4.69, 9.17) is 9.47 Å². The Balaban J connectivity index is 0.811. The molecule has 1 aromatic heterocycles. The van der Waals surface area contributed by atoms with Crippen LogP contribution in [0.2, 0.25) is 0 Å². The van der Waals surface area contributed by atoms with Gasteiger partial charge in [-0.05, 0) is 91.6 Å². The molecule has 1 aliphatic carbocycles. The van der Waals surface area contributed by atoms with Crippen molar-refractivity contribution in [3.8, 4) is 33.4 Å². The van der Waals surface area contributed by atoms with Crippen molar-refractivity contribution in [1.82, 2.24) is 9.80 Å². The first kappa shape index (κ1) is 33.9. The summed E-state index contributed by atoms with van der Waals surface area (Å²) in [5, 5.41) is 11.0. The molecule has 8 rings (SSSR count). The zero-order valence-electron chi connectivity index (χ0n) is 29.2. The number of ether oxygens (including phenoxy) is 2. The Morgan fingerprint density at radius 3 is 2.40 bits per heavy atom. The van der Waals surface area contributed by atoms with Crippen LogP contribution in [0.15, 0.2) is 84.9 Å². The lowest BCUT2D eigenvalue weighted by molar-refractivity contribution is -0.133. The molecule has 1 saturated carbocycles. The molecule has 10 heteroatoms. The minimum absolute atomic E-state index is 0.0306. The first-order valence-corrected chi connectivity index (χ1v) is 18.8. The molecule has 4 aromatic carbocycles. The van der Waals surface area contributed by atoms with E-state index >= 15 is 0 Å². The van der Waals surface area contributed by atoms with Crippen molar-refractivity contribution < 1.29 is 29.0 Å². The number of phenols is 1. The van der Waals surface area contributed by atoms with Gasteiger partial charge >= 0.3 is 0 Å². The third kappa shape index (κ3) is 7.00. The number of rotatable bonds is 10. The maximum absolute atomic E-state index is 13.1. The second kappa shape index (κ2) is 14.4. The van der Waals surface area contributed by atoms with Crippen molar-refractivity contribution >= 4 is 44.6 Å². The minimum atomic E-state index is -0.491. The summed E-state index contributed by atoms with van der Waals surface area (Å²) in [6, 6.07) is 27.0. The summed E-state index contributed by atoms with van der Waals surface area (Å²) in [5.74, 6) is 2.26. The van der Waals surface area contributed by atoms with Gasteiger partial charge in [0, 0.05) is 67.0 Å². The standard InChI is InChI=1S/C42H41N3O6S/c1-27-3-5-28(6-4-27)41-40(36-15-8-32(47)25-39(36)52-41)51-34-12-10-33(11-13-34)50-22-2-17-43-18-20-44(21-19-43)30-7-14-35-29(23-30)26-45(42(35)49)37-16-9-31(46)24-38(37)48/h3-8,10-15,23,25,37,47H,2,9,16-22,24,26H2,1H3. The molecule has 3 aliphatic rings. The highest BCUT2D eigenvalue weighted by atomic mass is 32.1. The van der Waals surface area contributed by atoms with Gasteiger partial charge in [0.2, 0.25) is 0 Å². The van der Waals surface area contributed by atoms with Crippen LogP contribution in [-0.4, -0.2) is 77.8 Å². The molecule has 2 fully saturated rings. The SMILES string of the molecule is Cc1ccc(-c2sc3cc(O)ccc3c2Oc2ccc(OCCCN3CCN(c4ccc5c(c4)CN(C4CCC(=O)CC4=O)C5=O)CC3)cc2)cc1. The van der Waals surface area contributed by atoms with E-state index in [-0.39, 0.29) is 29.6 Å². The first-order chi connectivity index (χ1) is 25.3. The fourth-order valence-electron chi connectivity index (χ4n) is 7.45. The number of ketones is 2.